The molecule has 18 aromatic carbocycles. The van der Waals surface area contributed by atoms with Gasteiger partial charge in [0.25, 0.3) is 0 Å². The number of nitrogens with zero attached hydrogens (tertiary/aromatic N) is 3. The van der Waals surface area contributed by atoms with Crippen molar-refractivity contribution in [2.75, 3.05) is 14.7 Å². The first-order valence-corrected chi connectivity index (χ1v) is 48.7. The van der Waals surface area contributed by atoms with Crippen molar-refractivity contribution in [1.29, 1.82) is 0 Å². The van der Waals surface area contributed by atoms with Crippen LogP contribution in [0.4, 0.5) is 51.2 Å². The van der Waals surface area contributed by atoms with E-state index in [9.17, 15) is 0 Å². The minimum absolute atomic E-state index is 0.263. The smallest absolute Gasteiger partial charge is 0.343 e. The molecule has 0 aromatic heterocycles. The third-order valence-corrected chi connectivity index (χ3v) is 31.9. The van der Waals surface area contributed by atoms with E-state index in [0.717, 1.165) is 67.9 Å². The van der Waals surface area contributed by atoms with Gasteiger partial charge in [0.05, 0.1) is 16.7 Å². The maximum absolute atomic E-state index is 15.1. The molecule has 18 aromatic rings. The molecule has 0 spiro atoms. The van der Waals surface area contributed by atoms with E-state index in [4.69, 9.17) is 14.2 Å². The molecule has 24 rings (SSSR count). The molecule has 0 radical (unpaired) electrons. The summed E-state index contributed by atoms with van der Waals surface area (Å²) in [5.41, 5.74) is 39.4. The van der Waals surface area contributed by atoms with Crippen molar-refractivity contribution in [2.45, 2.75) is 128 Å². The van der Waals surface area contributed by atoms with Crippen LogP contribution in [0.5, 0.6) is 17.2 Å². The van der Waals surface area contributed by atoms with E-state index in [-0.39, 0.29) is 32.5 Å². The summed E-state index contributed by atoms with van der Waals surface area (Å²) in [7, 11) is 0. The quantitative estimate of drug-likeness (QED) is 0.0473. The Morgan fingerprint density at radius 1 is 0.186 bits per heavy atom. The second-order valence-corrected chi connectivity index (χ2v) is 41.9. The van der Waals surface area contributed by atoms with Gasteiger partial charge >= 0.3 is 17.9 Å². The lowest BCUT2D eigenvalue weighted by Crippen LogP contribution is -2.25. The predicted octanol–water partition coefficient (Wildman–Crippen LogP) is 32.9. The van der Waals surface area contributed by atoms with E-state index in [0.29, 0.717) is 33.9 Å². The molecule has 6 aliphatic rings. The molecule has 0 aliphatic heterocycles. The lowest BCUT2D eigenvalue weighted by atomic mass is 9.71. The van der Waals surface area contributed by atoms with Gasteiger partial charge in [0, 0.05) is 89.1 Å². The molecule has 0 heterocycles. The van der Waals surface area contributed by atoms with Crippen molar-refractivity contribution in [3.63, 3.8) is 0 Å². The summed E-state index contributed by atoms with van der Waals surface area (Å²) in [6, 6.07) is 139. The number of hydrogen-bond acceptors (Lipinski definition) is 9. The topological polar surface area (TPSA) is 88.6 Å². The highest BCUT2D eigenvalue weighted by molar-refractivity contribution is 5.99. The van der Waals surface area contributed by atoms with Gasteiger partial charge in [-0.1, -0.05) is 320 Å². The molecule has 140 heavy (non-hydrogen) atoms. The van der Waals surface area contributed by atoms with Crippen LogP contribution in [0.2, 0.25) is 0 Å². The van der Waals surface area contributed by atoms with Crippen molar-refractivity contribution in [3.05, 3.63) is 501 Å². The molecule has 9 nitrogen and oxygen atoms in total. The maximum atomic E-state index is 15.1. The minimum Gasteiger partial charge on any atom is -0.423 e. The lowest BCUT2D eigenvalue weighted by molar-refractivity contribution is 0.0725. The summed E-state index contributed by atoms with van der Waals surface area (Å²) in [5.74, 6) is -0.506. The molecule has 6 aliphatic carbocycles. The van der Waals surface area contributed by atoms with Gasteiger partial charge in [0.2, 0.25) is 0 Å². The largest absolute Gasteiger partial charge is 0.423 e. The fraction of sp³-hybridized carbons (Fsp3) is 0.153. The first-order valence-electron chi connectivity index (χ1n) is 48.7. The fourth-order valence-corrected chi connectivity index (χ4v) is 24.2. The minimum atomic E-state index is -0.942. The number of carbonyl (C=O) groups is 3. The highest BCUT2D eigenvalue weighted by Gasteiger charge is 2.44. The van der Waals surface area contributed by atoms with Crippen molar-refractivity contribution in [1.82, 2.24) is 0 Å². The number of benzene rings is 18. The third-order valence-electron chi connectivity index (χ3n) is 31.9. The second-order valence-electron chi connectivity index (χ2n) is 41.9. The van der Waals surface area contributed by atoms with Crippen LogP contribution in [-0.2, 0) is 37.9 Å². The SMILES string of the molecule is CC1(C)c2ccccc2-c2ccc(N(c3cccc(C(=O)Oc4ccc(C(C)(c5ccc(OC(=O)c6cccc(N(c7ccc8c(c7)C(C)(C)c7ccccc7-8)c7ccc8c(c7)C(C)(C)c7ccccc7-8)c6)cc5)c5ccc(OC(=O)c6cccc(N(c7ccc8c(c7)C(C)(C)c7ccccc7-8)c7ccc8c(c7)C(C)(C)c7ccccc7-8)c6)cc5)cc4)c3)c3ccc4c(c3)C(C)(C)c3ccccc3-4)cc21. The number of esters is 3. The number of fused-ring (bicyclic) bond motifs is 18. The van der Waals surface area contributed by atoms with E-state index >= 15 is 14.4 Å². The van der Waals surface area contributed by atoms with E-state index < -0.39 is 23.3 Å². The number of anilines is 9. The number of rotatable bonds is 18. The van der Waals surface area contributed by atoms with Crippen LogP contribution in [0.25, 0.3) is 66.8 Å². The van der Waals surface area contributed by atoms with Crippen LogP contribution < -0.4 is 28.9 Å². The number of hydrogen-bond donors (Lipinski definition) is 0. The molecule has 9 heteroatoms. The Hall–Kier alpha value is -16.2. The first-order chi connectivity index (χ1) is 67.5. The predicted molar refractivity (Wildman–Crippen MR) is 569 cm³/mol. The van der Waals surface area contributed by atoms with Gasteiger partial charge < -0.3 is 28.9 Å². The zero-order chi connectivity index (χ0) is 96.0. The molecule has 0 amide bonds. The van der Waals surface area contributed by atoms with Crippen molar-refractivity contribution < 1.29 is 28.6 Å². The second kappa shape index (κ2) is 31.9. The molecule has 0 saturated carbocycles. The fourth-order valence-electron chi connectivity index (χ4n) is 24.2. The highest BCUT2D eigenvalue weighted by atomic mass is 16.5. The van der Waals surface area contributed by atoms with Gasteiger partial charge in [-0.25, -0.2) is 14.4 Å². The van der Waals surface area contributed by atoms with E-state index in [1.165, 1.54) is 134 Å². The summed E-state index contributed by atoms with van der Waals surface area (Å²) in [6.07, 6.45) is 0. The number of carbonyl (C=O) groups excluding carboxylic acids is 3. The molecule has 0 fully saturated rings. The van der Waals surface area contributed by atoms with Crippen LogP contribution in [0.3, 0.4) is 0 Å². The molecule has 0 bridgehead atoms. The first kappa shape index (κ1) is 86.6. The Morgan fingerprint density at radius 3 is 0.550 bits per heavy atom. The molecule has 0 unspecified atom stereocenters. The molecule has 0 saturated heterocycles. The standard InChI is InChI=1S/C131H105N3O6/c1-125(2)110-41-20-14-35-98(110)104-65-53-89(74-116(104)125)132(90-54-66-105-99-36-15-21-42-111(99)126(3,4)117(105)75-90)86-32-26-29-80(71-86)122(135)138-95-59-47-83(48-60-95)131(13,84-49-61-96(62-50-84)139-123(136)81-30-27-33-87(72-81)133(91-55-67-106-100-37-16-22-43-112(100)127(5,6)118(106)76-91)92-56-68-107-101-38-17-23-44-113(101)128(7,8)119(107)77-92)85-51-63-97(64-52-85)140-124(137)82-31-28-34-88(73-82)134(93-57-69-108-102-39-18-24-45-114(102)129(9,10)120(108)78-93)94-58-70-109-103-40-19-25-46-115(103)130(11,12)121(109)79-94/h14-79H,1-13H3. The molecule has 0 atom stereocenters. The molecule has 680 valence electrons. The Morgan fingerprint density at radius 2 is 0.357 bits per heavy atom. The normalized spacial score (nSPS) is 14.9. The summed E-state index contributed by atoms with van der Waals surface area (Å²) in [6.45, 7) is 29.8. The van der Waals surface area contributed by atoms with Crippen molar-refractivity contribution in [3.8, 4) is 84.0 Å². The zero-order valence-corrected chi connectivity index (χ0v) is 80.9. The van der Waals surface area contributed by atoms with Crippen molar-refractivity contribution >= 4 is 69.1 Å². The number of ether oxygens (including phenoxy) is 3. The average molecular weight is 1820 g/mol. The summed E-state index contributed by atoms with van der Waals surface area (Å²) < 4.78 is 19.4. The van der Waals surface area contributed by atoms with Crippen LogP contribution in [0.15, 0.2) is 400 Å². The van der Waals surface area contributed by atoms with Gasteiger partial charge in [0.1, 0.15) is 17.2 Å². The van der Waals surface area contributed by atoms with Gasteiger partial charge in [0.15, 0.2) is 0 Å². The van der Waals surface area contributed by atoms with E-state index in [1.54, 1.807) is 0 Å². The Labute approximate surface area is 819 Å². The van der Waals surface area contributed by atoms with Crippen molar-refractivity contribution in [2.24, 2.45) is 0 Å². The maximum Gasteiger partial charge on any atom is 0.343 e. The third kappa shape index (κ3) is 13.6. The molecule has 0 N–H and O–H groups in total. The summed E-state index contributed by atoms with van der Waals surface area (Å²) in [4.78, 5) is 52.0. The monoisotopic (exact) mass is 1820 g/mol. The Bertz CT molecular complexity index is 7170. The zero-order valence-electron chi connectivity index (χ0n) is 80.9. The van der Waals surface area contributed by atoms with Crippen LogP contribution in [-0.4, -0.2) is 17.9 Å². The van der Waals surface area contributed by atoms with Crippen LogP contribution in [0, 0.1) is 0 Å². The molecular weight excluding hydrogens is 1710 g/mol. The van der Waals surface area contributed by atoms with Crippen LogP contribution in [0.1, 0.15) is 205 Å². The lowest BCUT2D eigenvalue weighted by Gasteiger charge is -2.32. The summed E-state index contributed by atoms with van der Waals surface area (Å²) >= 11 is 0. The van der Waals surface area contributed by atoms with Gasteiger partial charge in [-0.05, 0) is 321 Å². The van der Waals surface area contributed by atoms with Gasteiger partial charge in [-0.2, -0.15) is 0 Å². The Balaban J connectivity index is 0.553. The Kier molecular flexibility index (Phi) is 19.8. The molecular formula is C131H105N3O6. The van der Waals surface area contributed by atoms with E-state index in [1.807, 2.05) is 127 Å². The average Bonchev–Trinajstić information content (AvgIpc) is 1.64. The van der Waals surface area contributed by atoms with Gasteiger partial charge in [-0.15, -0.1) is 0 Å². The van der Waals surface area contributed by atoms with Crippen LogP contribution >= 0.6 is 0 Å². The highest BCUT2D eigenvalue weighted by Crippen LogP contribution is 2.60. The summed E-state index contributed by atoms with van der Waals surface area (Å²) in [5, 5.41) is 0. The van der Waals surface area contributed by atoms with E-state index in [2.05, 4.69) is 378 Å². The van der Waals surface area contributed by atoms with Gasteiger partial charge in [-0.3, -0.25) is 0 Å².